The van der Waals surface area contributed by atoms with Crippen LogP contribution in [-0.2, 0) is 6.18 Å². The first-order valence-electron chi connectivity index (χ1n) is 10.0. The molecule has 0 saturated carbocycles. The van der Waals surface area contributed by atoms with Crippen molar-refractivity contribution in [3.05, 3.63) is 69.9 Å². The van der Waals surface area contributed by atoms with Crippen molar-refractivity contribution in [1.82, 2.24) is 15.0 Å². The van der Waals surface area contributed by atoms with E-state index in [-0.39, 0.29) is 22.7 Å². The highest BCUT2D eigenvalue weighted by Gasteiger charge is 2.35. The van der Waals surface area contributed by atoms with Gasteiger partial charge in [0, 0.05) is 10.2 Å². The third kappa shape index (κ3) is 5.70. The monoisotopic (exact) mass is 573 g/mol. The number of H-pyrrole nitrogens is 1. The first kappa shape index (κ1) is 25.3. The molecule has 0 unspecified atom stereocenters. The number of nitrogens with one attached hydrogen (secondary N) is 3. The van der Waals surface area contributed by atoms with Crippen LogP contribution in [0.4, 0.5) is 43.7 Å². The molecule has 4 rings (SSSR count). The highest BCUT2D eigenvalue weighted by molar-refractivity contribution is 9.10. The van der Waals surface area contributed by atoms with Gasteiger partial charge in [0.25, 0.3) is 12.3 Å². The summed E-state index contributed by atoms with van der Waals surface area (Å²) in [5, 5.41) is 4.79. The van der Waals surface area contributed by atoms with Gasteiger partial charge in [-0.1, -0.05) is 22.0 Å². The molecule has 0 saturated heterocycles. The fourth-order valence-corrected chi connectivity index (χ4v) is 3.40. The van der Waals surface area contributed by atoms with Gasteiger partial charge >= 0.3 is 6.18 Å². The van der Waals surface area contributed by atoms with E-state index in [0.717, 1.165) is 22.7 Å². The van der Waals surface area contributed by atoms with Gasteiger partial charge in [-0.3, -0.25) is 4.79 Å². The van der Waals surface area contributed by atoms with Crippen LogP contribution in [0.3, 0.4) is 0 Å². The number of aromatic amines is 1. The number of fused-ring (bicyclic) bond motifs is 1. The molecule has 0 aliphatic rings. The van der Waals surface area contributed by atoms with Crippen molar-refractivity contribution in [2.45, 2.75) is 12.6 Å². The van der Waals surface area contributed by atoms with Crippen molar-refractivity contribution in [2.24, 2.45) is 0 Å². The first-order valence-corrected chi connectivity index (χ1v) is 10.8. The molecule has 0 radical (unpaired) electrons. The van der Waals surface area contributed by atoms with Gasteiger partial charge in [0.1, 0.15) is 16.9 Å². The lowest BCUT2D eigenvalue weighted by Gasteiger charge is -2.13. The largest absolute Gasteiger partial charge is 0.471 e. The number of halogens is 7. The fourth-order valence-electron chi connectivity index (χ4n) is 3.13. The molecule has 0 atom stereocenters. The van der Waals surface area contributed by atoms with Gasteiger partial charge in [-0.05, 0) is 42.5 Å². The molecule has 2 heterocycles. The number of para-hydroxylation sites is 1. The number of carbonyl (C=O) groups excluding carboxylic acids is 1. The molecular weight excluding hydrogens is 560 g/mol. The molecule has 0 fully saturated rings. The van der Waals surface area contributed by atoms with E-state index in [1.54, 1.807) is 24.3 Å². The van der Waals surface area contributed by atoms with Gasteiger partial charge in [0.15, 0.2) is 12.3 Å². The van der Waals surface area contributed by atoms with Crippen LogP contribution in [0.1, 0.15) is 15.9 Å². The summed E-state index contributed by atoms with van der Waals surface area (Å²) < 4.78 is 85.4. The number of ether oxygens (including phenoxy) is 1. The van der Waals surface area contributed by atoms with Crippen LogP contribution in [-0.4, -0.2) is 33.9 Å². The highest BCUT2D eigenvalue weighted by Crippen LogP contribution is 2.37. The zero-order valence-electron chi connectivity index (χ0n) is 17.8. The quantitative estimate of drug-likeness (QED) is 0.219. The Bertz CT molecular complexity index is 1410. The molecule has 3 N–H and O–H groups in total. The third-order valence-electron chi connectivity index (χ3n) is 4.69. The molecule has 0 aliphatic carbocycles. The van der Waals surface area contributed by atoms with E-state index in [1.165, 1.54) is 0 Å². The second-order valence-electron chi connectivity index (χ2n) is 7.24. The van der Waals surface area contributed by atoms with Crippen molar-refractivity contribution >= 4 is 50.3 Å². The standard InChI is InChI=1S/C22H14BrF6N5O2/c23-10-4-6-11(7-5-10)30-19(35)12-8-15-18(33-20(12)36-9-16(25)26)34-21(31-15)32-17-13(22(27,28)29)2-1-3-14(17)24/h1-8,16H,9H2,(H,30,35)(H2,31,32,33,34). The predicted molar refractivity (Wildman–Crippen MR) is 122 cm³/mol. The van der Waals surface area contributed by atoms with Crippen LogP contribution in [0.5, 0.6) is 5.88 Å². The van der Waals surface area contributed by atoms with Gasteiger partial charge < -0.3 is 20.4 Å². The SMILES string of the molecule is O=C(Nc1ccc(Br)cc1)c1cc2nc(Nc3c(F)cccc3C(F)(F)F)[nH]c2nc1OCC(F)F. The zero-order valence-corrected chi connectivity index (χ0v) is 19.3. The van der Waals surface area contributed by atoms with E-state index in [9.17, 15) is 31.1 Å². The van der Waals surface area contributed by atoms with Crippen LogP contribution in [0, 0.1) is 5.82 Å². The van der Waals surface area contributed by atoms with Crippen molar-refractivity contribution in [2.75, 3.05) is 17.2 Å². The number of hydrogen-bond donors (Lipinski definition) is 3. The molecule has 1 amide bonds. The minimum Gasteiger partial charge on any atom is -0.471 e. The summed E-state index contributed by atoms with van der Waals surface area (Å²) in [4.78, 5) is 23.4. The van der Waals surface area contributed by atoms with Crippen molar-refractivity contribution in [1.29, 1.82) is 0 Å². The summed E-state index contributed by atoms with van der Waals surface area (Å²) in [5.41, 5.74) is -2.16. The Morgan fingerprint density at radius 1 is 1.11 bits per heavy atom. The molecule has 14 heteroatoms. The van der Waals surface area contributed by atoms with Crippen LogP contribution in [0.2, 0.25) is 0 Å². The molecular formula is C22H14BrF6N5O2. The third-order valence-corrected chi connectivity index (χ3v) is 5.22. The minimum absolute atomic E-state index is 0.0206. The Balaban J connectivity index is 1.71. The Morgan fingerprint density at radius 2 is 1.83 bits per heavy atom. The zero-order chi connectivity index (χ0) is 26.0. The number of rotatable bonds is 7. The van der Waals surface area contributed by atoms with E-state index >= 15 is 0 Å². The number of nitrogens with zero attached hydrogens (tertiary/aromatic N) is 2. The molecule has 0 aliphatic heterocycles. The summed E-state index contributed by atoms with van der Waals surface area (Å²) >= 11 is 3.26. The van der Waals surface area contributed by atoms with E-state index in [0.29, 0.717) is 11.8 Å². The Hall–Kier alpha value is -3.81. The maximum atomic E-state index is 14.2. The molecule has 7 nitrogen and oxygen atoms in total. The van der Waals surface area contributed by atoms with Gasteiger partial charge in [-0.25, -0.2) is 18.2 Å². The van der Waals surface area contributed by atoms with E-state index in [1.807, 2.05) is 0 Å². The maximum Gasteiger partial charge on any atom is 0.418 e. The Morgan fingerprint density at radius 3 is 2.50 bits per heavy atom. The molecule has 36 heavy (non-hydrogen) atoms. The van der Waals surface area contributed by atoms with Crippen LogP contribution in [0.25, 0.3) is 11.2 Å². The number of anilines is 3. The lowest BCUT2D eigenvalue weighted by atomic mass is 10.1. The number of carbonyl (C=O) groups is 1. The molecule has 0 bridgehead atoms. The Kier molecular flexibility index (Phi) is 7.06. The topological polar surface area (TPSA) is 91.9 Å². The predicted octanol–water partition coefficient (Wildman–Crippen LogP) is 6.52. The number of hydrogen-bond acceptors (Lipinski definition) is 5. The van der Waals surface area contributed by atoms with Gasteiger partial charge in [-0.2, -0.15) is 18.2 Å². The van der Waals surface area contributed by atoms with Gasteiger partial charge in [0.2, 0.25) is 11.8 Å². The van der Waals surface area contributed by atoms with E-state index in [4.69, 9.17) is 4.74 Å². The highest BCUT2D eigenvalue weighted by atomic mass is 79.9. The molecule has 0 spiro atoms. The lowest BCUT2D eigenvalue weighted by Crippen LogP contribution is -2.16. The molecule has 188 valence electrons. The number of imidazole rings is 1. The number of amides is 1. The average molecular weight is 574 g/mol. The van der Waals surface area contributed by atoms with E-state index in [2.05, 4.69) is 41.5 Å². The summed E-state index contributed by atoms with van der Waals surface area (Å²) in [7, 11) is 0. The number of aromatic nitrogens is 3. The summed E-state index contributed by atoms with van der Waals surface area (Å²) in [5.74, 6) is -2.75. The second kappa shape index (κ2) is 10.0. The van der Waals surface area contributed by atoms with Crippen LogP contribution < -0.4 is 15.4 Å². The first-order chi connectivity index (χ1) is 17.0. The maximum absolute atomic E-state index is 14.2. The van der Waals surface area contributed by atoms with Crippen molar-refractivity contribution in [3.63, 3.8) is 0 Å². The van der Waals surface area contributed by atoms with Crippen molar-refractivity contribution in [3.8, 4) is 5.88 Å². The summed E-state index contributed by atoms with van der Waals surface area (Å²) in [6.07, 6.45) is -7.73. The van der Waals surface area contributed by atoms with Crippen LogP contribution >= 0.6 is 15.9 Å². The number of pyridine rings is 1. The smallest absolute Gasteiger partial charge is 0.418 e. The minimum atomic E-state index is -4.86. The van der Waals surface area contributed by atoms with Gasteiger partial charge in [0.05, 0.1) is 11.3 Å². The Labute approximate surface area is 207 Å². The summed E-state index contributed by atoms with van der Waals surface area (Å²) in [6, 6.07) is 10.1. The number of alkyl halides is 5. The number of benzene rings is 2. The van der Waals surface area contributed by atoms with E-state index < -0.39 is 48.1 Å². The van der Waals surface area contributed by atoms with Crippen LogP contribution in [0.15, 0.2) is 53.0 Å². The fraction of sp³-hybridized carbons (Fsp3) is 0.136. The lowest BCUT2D eigenvalue weighted by molar-refractivity contribution is -0.137. The molecule has 2 aromatic heterocycles. The molecule has 2 aromatic carbocycles. The average Bonchev–Trinajstić information content (AvgIpc) is 3.20. The summed E-state index contributed by atoms with van der Waals surface area (Å²) in [6.45, 7) is -1.07. The second-order valence-corrected chi connectivity index (χ2v) is 8.16. The van der Waals surface area contributed by atoms with Gasteiger partial charge in [-0.15, -0.1) is 0 Å². The normalized spacial score (nSPS) is 11.7. The van der Waals surface area contributed by atoms with Crippen molar-refractivity contribution < 1.29 is 35.9 Å². The molecule has 4 aromatic rings.